The number of aliphatic carboxylic acids is 1. The Labute approximate surface area is 172 Å². The predicted molar refractivity (Wildman–Crippen MR) is 109 cm³/mol. The number of nitrogens with zero attached hydrogens (tertiary/aromatic N) is 3. The number of benzene rings is 2. The first-order valence-electron chi connectivity index (χ1n) is 8.94. The molecule has 0 saturated heterocycles. The van der Waals surface area contributed by atoms with Crippen LogP contribution < -0.4 is 0 Å². The van der Waals surface area contributed by atoms with Crippen molar-refractivity contribution in [1.82, 2.24) is 15.0 Å². The third-order valence-electron chi connectivity index (χ3n) is 4.18. The molecule has 1 heterocycles. The summed E-state index contributed by atoms with van der Waals surface area (Å²) in [7, 11) is 0. The van der Waals surface area contributed by atoms with E-state index in [-0.39, 0.29) is 6.61 Å². The Bertz CT molecular complexity index is 1010. The zero-order chi connectivity index (χ0) is 21.0. The summed E-state index contributed by atoms with van der Waals surface area (Å²) in [5.41, 5.74) is 2.48. The highest BCUT2D eigenvalue weighted by molar-refractivity contribution is 8.01. The summed E-state index contributed by atoms with van der Waals surface area (Å²) in [4.78, 5) is 25.8. The highest BCUT2D eigenvalue weighted by atomic mass is 32.2. The molecule has 0 aliphatic carbocycles. The highest BCUT2D eigenvalue weighted by Gasteiger charge is 2.28. The molecule has 0 radical (unpaired) electrons. The molecule has 1 N–H and O–H groups in total. The van der Waals surface area contributed by atoms with Gasteiger partial charge in [-0.2, -0.15) is 9.90 Å². The summed E-state index contributed by atoms with van der Waals surface area (Å²) in [6, 6.07) is 16.1. The number of aryl methyl sites for hydroxylation is 1. The van der Waals surface area contributed by atoms with Crippen molar-refractivity contribution in [2.24, 2.45) is 0 Å². The van der Waals surface area contributed by atoms with Gasteiger partial charge in [-0.15, -0.1) is 16.9 Å². The number of thioether (sulfide) groups is 1. The van der Waals surface area contributed by atoms with Crippen molar-refractivity contribution in [3.05, 3.63) is 71.5 Å². The zero-order valence-electron chi connectivity index (χ0n) is 16.3. The molecular formula is C21H21N3O4S. The Morgan fingerprint density at radius 3 is 2.34 bits per heavy atom. The second kappa shape index (κ2) is 8.48. The first-order chi connectivity index (χ1) is 13.8. The molecule has 8 heteroatoms. The normalized spacial score (nSPS) is 11.3. The fourth-order valence-electron chi connectivity index (χ4n) is 2.43. The molecule has 1 aromatic heterocycles. The molecule has 2 aromatic carbocycles. The number of esters is 1. The Hall–Kier alpha value is -3.13. The van der Waals surface area contributed by atoms with E-state index >= 15 is 0 Å². The van der Waals surface area contributed by atoms with Crippen LogP contribution in [0.4, 0.5) is 0 Å². The minimum absolute atomic E-state index is 0.0139. The molecule has 0 bridgehead atoms. The highest BCUT2D eigenvalue weighted by Crippen LogP contribution is 2.32. The average Bonchev–Trinajstić information content (AvgIpc) is 3.07. The van der Waals surface area contributed by atoms with Crippen LogP contribution in [0.5, 0.6) is 0 Å². The van der Waals surface area contributed by atoms with Crippen LogP contribution in [-0.4, -0.2) is 36.8 Å². The molecule has 0 unspecified atom stereocenters. The number of aromatic nitrogens is 3. The maximum atomic E-state index is 12.3. The lowest BCUT2D eigenvalue weighted by Gasteiger charge is -2.18. The number of ether oxygens (including phenoxy) is 1. The summed E-state index contributed by atoms with van der Waals surface area (Å²) in [5.74, 6) is -1.38. The molecule has 7 nitrogen and oxygen atoms in total. The van der Waals surface area contributed by atoms with Crippen LogP contribution in [0.25, 0.3) is 5.69 Å². The van der Waals surface area contributed by atoms with E-state index < -0.39 is 16.7 Å². The van der Waals surface area contributed by atoms with Gasteiger partial charge in [-0.1, -0.05) is 18.2 Å². The minimum atomic E-state index is -0.954. The maximum absolute atomic E-state index is 12.3. The molecule has 0 spiro atoms. The van der Waals surface area contributed by atoms with Crippen molar-refractivity contribution in [2.75, 3.05) is 0 Å². The largest absolute Gasteiger partial charge is 0.480 e. The van der Waals surface area contributed by atoms with E-state index in [0.29, 0.717) is 17.0 Å². The second-order valence-electron chi connectivity index (χ2n) is 6.88. The van der Waals surface area contributed by atoms with Gasteiger partial charge in [0.15, 0.2) is 0 Å². The molecular weight excluding hydrogens is 390 g/mol. The van der Waals surface area contributed by atoms with Gasteiger partial charge in [0.25, 0.3) is 0 Å². The molecule has 0 aliphatic heterocycles. The van der Waals surface area contributed by atoms with E-state index in [0.717, 1.165) is 10.6 Å². The van der Waals surface area contributed by atoms with Gasteiger partial charge in [-0.25, -0.2) is 4.79 Å². The van der Waals surface area contributed by atoms with Crippen molar-refractivity contribution in [3.8, 4) is 5.69 Å². The van der Waals surface area contributed by atoms with Crippen LogP contribution >= 0.6 is 11.8 Å². The second-order valence-corrected chi connectivity index (χ2v) is 8.57. The lowest BCUT2D eigenvalue weighted by molar-refractivity contribution is -0.138. The van der Waals surface area contributed by atoms with Crippen LogP contribution in [0.15, 0.2) is 59.5 Å². The topological polar surface area (TPSA) is 94.3 Å². The molecule has 3 aromatic rings. The lowest BCUT2D eigenvalue weighted by Crippen LogP contribution is -2.26. The van der Waals surface area contributed by atoms with E-state index in [9.17, 15) is 14.7 Å². The first-order valence-corrected chi connectivity index (χ1v) is 9.76. The minimum Gasteiger partial charge on any atom is -0.480 e. The van der Waals surface area contributed by atoms with Crippen LogP contribution in [0, 0.1) is 6.92 Å². The van der Waals surface area contributed by atoms with Gasteiger partial charge in [0.2, 0.25) is 0 Å². The van der Waals surface area contributed by atoms with Crippen molar-refractivity contribution >= 4 is 23.7 Å². The van der Waals surface area contributed by atoms with Crippen LogP contribution in [0.1, 0.15) is 35.6 Å². The number of carboxylic acids is 1. The van der Waals surface area contributed by atoms with Gasteiger partial charge < -0.3 is 9.84 Å². The number of carboxylic acid groups (broad SMARTS) is 1. The molecule has 3 rings (SSSR count). The summed E-state index contributed by atoms with van der Waals surface area (Å²) >= 11 is 1.21. The Morgan fingerprint density at radius 2 is 1.72 bits per heavy atom. The summed E-state index contributed by atoms with van der Waals surface area (Å²) < 4.78 is 4.41. The van der Waals surface area contributed by atoms with E-state index in [1.54, 1.807) is 38.1 Å². The van der Waals surface area contributed by atoms with Crippen molar-refractivity contribution in [3.63, 3.8) is 0 Å². The Morgan fingerprint density at radius 1 is 1.07 bits per heavy atom. The fraction of sp³-hybridized carbons (Fsp3) is 0.238. The van der Waals surface area contributed by atoms with Crippen molar-refractivity contribution < 1.29 is 19.4 Å². The van der Waals surface area contributed by atoms with Crippen LogP contribution in [-0.2, 0) is 16.1 Å². The van der Waals surface area contributed by atoms with E-state index in [1.165, 1.54) is 16.6 Å². The number of rotatable bonds is 7. The zero-order valence-corrected chi connectivity index (χ0v) is 17.1. The fourth-order valence-corrected chi connectivity index (χ4v) is 3.38. The summed E-state index contributed by atoms with van der Waals surface area (Å²) in [6.45, 7) is 5.09. The number of hydrogen-bond acceptors (Lipinski definition) is 6. The quantitative estimate of drug-likeness (QED) is 0.465. The Kier molecular flexibility index (Phi) is 6.03. The third kappa shape index (κ3) is 5.03. The number of carbonyl (C=O) groups is 2. The van der Waals surface area contributed by atoms with Gasteiger partial charge >= 0.3 is 11.9 Å². The predicted octanol–water partition coefficient (Wildman–Crippen LogP) is 3.89. The lowest BCUT2D eigenvalue weighted by atomic mass is 10.2. The average molecular weight is 411 g/mol. The monoisotopic (exact) mass is 411 g/mol. The molecule has 0 atom stereocenters. The van der Waals surface area contributed by atoms with Gasteiger partial charge in [-0.05, 0) is 57.2 Å². The van der Waals surface area contributed by atoms with Crippen molar-refractivity contribution in [2.45, 2.75) is 37.0 Å². The van der Waals surface area contributed by atoms with Crippen molar-refractivity contribution in [1.29, 1.82) is 0 Å². The van der Waals surface area contributed by atoms with E-state index in [1.807, 2.05) is 37.3 Å². The van der Waals surface area contributed by atoms with Gasteiger partial charge in [-0.3, -0.25) is 4.79 Å². The van der Waals surface area contributed by atoms with Gasteiger partial charge in [0.05, 0.1) is 16.9 Å². The van der Waals surface area contributed by atoms with Crippen LogP contribution in [0.3, 0.4) is 0 Å². The van der Waals surface area contributed by atoms with E-state index in [4.69, 9.17) is 4.74 Å². The summed E-state index contributed by atoms with van der Waals surface area (Å²) in [6.07, 6.45) is 0. The van der Waals surface area contributed by atoms with Crippen LogP contribution in [0.2, 0.25) is 0 Å². The SMILES string of the molecule is Cc1nn(-c2ccccc2)nc1COC(=O)c1ccc(SC(C)(C)C(=O)O)cc1. The molecule has 0 fully saturated rings. The molecule has 150 valence electrons. The first kappa shape index (κ1) is 20.6. The Balaban J connectivity index is 1.63. The summed E-state index contributed by atoms with van der Waals surface area (Å²) in [5, 5.41) is 18.0. The van der Waals surface area contributed by atoms with E-state index in [2.05, 4.69) is 10.2 Å². The molecule has 0 aliphatic rings. The number of para-hydroxylation sites is 1. The number of carbonyl (C=O) groups excluding carboxylic acids is 1. The standard InChI is InChI=1S/C21H21N3O4S/c1-14-18(23-24(22-14)16-7-5-4-6-8-16)13-28-19(25)15-9-11-17(12-10-15)29-21(2,3)20(26)27/h4-12H,13H2,1-3H3,(H,26,27). The molecule has 0 amide bonds. The van der Waals surface area contributed by atoms with Gasteiger partial charge in [0.1, 0.15) is 17.0 Å². The number of hydrogen-bond donors (Lipinski definition) is 1. The third-order valence-corrected chi connectivity index (χ3v) is 5.38. The van der Waals surface area contributed by atoms with Gasteiger partial charge in [0, 0.05) is 4.90 Å². The smallest absolute Gasteiger partial charge is 0.338 e. The molecule has 29 heavy (non-hydrogen) atoms. The maximum Gasteiger partial charge on any atom is 0.338 e. The molecule has 0 saturated carbocycles.